The molecule has 0 aliphatic heterocycles. The van der Waals surface area contributed by atoms with Crippen molar-refractivity contribution in [2.75, 3.05) is 14.2 Å². The zero-order valence-electron chi connectivity index (χ0n) is 18.7. The van der Waals surface area contributed by atoms with Crippen LogP contribution in [0.3, 0.4) is 0 Å². The van der Waals surface area contributed by atoms with Crippen LogP contribution in [0.2, 0.25) is 5.02 Å². The van der Waals surface area contributed by atoms with Crippen LogP contribution in [0, 0.1) is 0 Å². The van der Waals surface area contributed by atoms with Crippen molar-refractivity contribution in [3.63, 3.8) is 0 Å². The Labute approximate surface area is 193 Å². The molecule has 168 valence electrons. The second-order valence-corrected chi connectivity index (χ2v) is 11.8. The molecular weight excluding hydrogens is 447 g/mol. The van der Waals surface area contributed by atoms with Crippen molar-refractivity contribution in [3.05, 3.63) is 71.5 Å². The fourth-order valence-electron chi connectivity index (χ4n) is 3.17. The molecule has 0 saturated carbocycles. The highest BCUT2D eigenvalue weighted by molar-refractivity contribution is 7.71. The first-order valence-corrected chi connectivity index (χ1v) is 12.0. The molecule has 0 saturated heterocycles. The lowest BCUT2D eigenvalue weighted by molar-refractivity contribution is 0.112. The molecule has 1 atom stereocenters. The number of hydrogen-bond acceptors (Lipinski definition) is 6. The summed E-state index contributed by atoms with van der Waals surface area (Å²) in [5, 5.41) is 0.940. The van der Waals surface area contributed by atoms with Crippen LogP contribution < -0.4 is 19.3 Å². The van der Waals surface area contributed by atoms with E-state index in [1.165, 1.54) is 7.11 Å². The standard InChI is InChI=1S/C24H26ClN2O4P/c1-24(2,3)32(19-10-12-26-13-11-19,27-21-15-18(29-4)7-8-20(21)25)31-22-9-6-17(16-28)14-23(22)30-5/h6-16H,1-5H3/t32-/m0/s1. The second kappa shape index (κ2) is 9.76. The summed E-state index contributed by atoms with van der Waals surface area (Å²) in [6, 6.07) is 14.2. The van der Waals surface area contributed by atoms with E-state index >= 15 is 0 Å². The van der Waals surface area contributed by atoms with Gasteiger partial charge < -0.3 is 14.0 Å². The number of rotatable bonds is 7. The predicted octanol–water partition coefficient (Wildman–Crippen LogP) is 6.52. The van der Waals surface area contributed by atoms with Gasteiger partial charge in [-0.3, -0.25) is 9.78 Å². The molecule has 3 rings (SSSR count). The van der Waals surface area contributed by atoms with E-state index < -0.39 is 12.4 Å². The van der Waals surface area contributed by atoms with E-state index in [4.69, 9.17) is 30.3 Å². The topological polar surface area (TPSA) is 70.0 Å². The molecule has 6 nitrogen and oxygen atoms in total. The zero-order valence-corrected chi connectivity index (χ0v) is 20.4. The average molecular weight is 473 g/mol. The summed E-state index contributed by atoms with van der Waals surface area (Å²) in [7, 11) is 0.313. The minimum atomic E-state index is -2.82. The minimum Gasteiger partial charge on any atom is -0.497 e. The number of nitrogens with zero attached hydrogens (tertiary/aromatic N) is 2. The molecule has 1 aromatic heterocycles. The molecule has 0 fully saturated rings. The summed E-state index contributed by atoms with van der Waals surface area (Å²) >= 11 is 6.53. The Morgan fingerprint density at radius 3 is 2.28 bits per heavy atom. The monoisotopic (exact) mass is 472 g/mol. The highest BCUT2D eigenvalue weighted by atomic mass is 35.5. The number of aromatic nitrogens is 1. The Kier molecular flexibility index (Phi) is 7.27. The summed E-state index contributed by atoms with van der Waals surface area (Å²) < 4.78 is 22.9. The van der Waals surface area contributed by atoms with Gasteiger partial charge in [0.2, 0.25) is 0 Å². The lowest BCUT2D eigenvalue weighted by Gasteiger charge is -2.37. The summed E-state index contributed by atoms with van der Waals surface area (Å²) in [4.78, 5) is 15.4. The van der Waals surface area contributed by atoms with E-state index in [9.17, 15) is 4.79 Å². The van der Waals surface area contributed by atoms with Gasteiger partial charge in [-0.1, -0.05) is 32.4 Å². The summed E-state index contributed by atoms with van der Waals surface area (Å²) in [6.07, 6.45) is 4.20. The third kappa shape index (κ3) is 4.82. The van der Waals surface area contributed by atoms with Crippen LogP contribution in [0.5, 0.6) is 17.2 Å². The molecule has 0 radical (unpaired) electrons. The number of carbonyl (C=O) groups is 1. The maximum Gasteiger partial charge on any atom is 0.173 e. The van der Waals surface area contributed by atoms with Crippen LogP contribution >= 0.6 is 18.9 Å². The molecule has 3 aromatic rings. The van der Waals surface area contributed by atoms with Gasteiger partial charge in [0.15, 0.2) is 18.8 Å². The largest absolute Gasteiger partial charge is 0.497 e. The molecule has 0 bridgehead atoms. The molecule has 0 aliphatic rings. The van der Waals surface area contributed by atoms with Crippen molar-refractivity contribution in [1.82, 2.24) is 4.98 Å². The first-order valence-electron chi connectivity index (χ1n) is 9.93. The van der Waals surface area contributed by atoms with E-state index in [1.807, 2.05) is 12.1 Å². The van der Waals surface area contributed by atoms with Gasteiger partial charge in [0.1, 0.15) is 12.0 Å². The van der Waals surface area contributed by atoms with Gasteiger partial charge >= 0.3 is 0 Å². The molecule has 1 heterocycles. The van der Waals surface area contributed by atoms with Crippen molar-refractivity contribution in [2.24, 2.45) is 4.74 Å². The fraction of sp³-hybridized carbons (Fsp3) is 0.250. The fourth-order valence-corrected chi connectivity index (χ4v) is 6.44. The zero-order chi connectivity index (χ0) is 23.4. The average Bonchev–Trinajstić information content (AvgIpc) is 2.79. The Morgan fingerprint density at radius 2 is 1.69 bits per heavy atom. The van der Waals surface area contributed by atoms with E-state index in [0.29, 0.717) is 33.5 Å². The highest BCUT2D eigenvalue weighted by Crippen LogP contribution is 2.63. The van der Waals surface area contributed by atoms with E-state index in [1.54, 1.807) is 55.9 Å². The van der Waals surface area contributed by atoms with Crippen LogP contribution in [0.25, 0.3) is 0 Å². The Hall–Kier alpha value is -2.82. The number of carbonyl (C=O) groups excluding carboxylic acids is 1. The predicted molar refractivity (Wildman–Crippen MR) is 130 cm³/mol. The first-order chi connectivity index (χ1) is 15.2. The molecule has 32 heavy (non-hydrogen) atoms. The first kappa shape index (κ1) is 23.8. The molecule has 0 amide bonds. The number of halogens is 1. The number of pyridine rings is 1. The lowest BCUT2D eigenvalue weighted by atomic mass is 10.2. The third-order valence-corrected chi connectivity index (χ3v) is 8.97. The van der Waals surface area contributed by atoms with Crippen LogP contribution in [-0.4, -0.2) is 30.6 Å². The van der Waals surface area contributed by atoms with Crippen LogP contribution in [-0.2, 0) is 0 Å². The number of hydrogen-bond donors (Lipinski definition) is 0. The number of ether oxygens (including phenoxy) is 2. The summed E-state index contributed by atoms with van der Waals surface area (Å²) in [6.45, 7) is 6.22. The van der Waals surface area contributed by atoms with Gasteiger partial charge in [0.25, 0.3) is 0 Å². The van der Waals surface area contributed by atoms with Crippen LogP contribution in [0.1, 0.15) is 31.1 Å². The normalized spacial score (nSPS) is 13.1. The molecule has 0 N–H and O–H groups in total. The molecule has 0 unspecified atom stereocenters. The second-order valence-electron chi connectivity index (χ2n) is 7.99. The number of aldehydes is 1. The van der Waals surface area contributed by atoms with Crippen LogP contribution in [0.4, 0.5) is 5.69 Å². The Morgan fingerprint density at radius 1 is 0.969 bits per heavy atom. The maximum absolute atomic E-state index is 11.2. The molecule has 8 heteroatoms. The van der Waals surface area contributed by atoms with Crippen LogP contribution in [0.15, 0.2) is 65.7 Å². The lowest BCUT2D eigenvalue weighted by Crippen LogP contribution is -2.27. The van der Waals surface area contributed by atoms with Gasteiger partial charge in [-0.25, -0.2) is 4.74 Å². The van der Waals surface area contributed by atoms with E-state index in [-0.39, 0.29) is 0 Å². The van der Waals surface area contributed by atoms with Gasteiger partial charge in [0.05, 0.1) is 24.9 Å². The number of benzene rings is 2. The Bertz CT molecular complexity index is 1160. The van der Waals surface area contributed by atoms with Crippen molar-refractivity contribution >= 4 is 36.2 Å². The smallest absolute Gasteiger partial charge is 0.173 e. The molecule has 0 spiro atoms. The molecular formula is C24H26ClN2O4P. The maximum atomic E-state index is 11.2. The molecule has 0 aliphatic carbocycles. The SMILES string of the molecule is COc1ccc(Cl)c(N=[P@](Oc2ccc(C=O)cc2OC)(c2ccncc2)C(C)(C)C)c1. The minimum absolute atomic E-state index is 0.435. The van der Waals surface area contributed by atoms with Gasteiger partial charge in [0, 0.05) is 34.5 Å². The Balaban J connectivity index is 2.35. The summed E-state index contributed by atoms with van der Waals surface area (Å²) in [5.41, 5.74) is 1.06. The van der Waals surface area contributed by atoms with Crippen molar-refractivity contribution in [1.29, 1.82) is 0 Å². The van der Waals surface area contributed by atoms with E-state index in [0.717, 1.165) is 11.6 Å². The van der Waals surface area contributed by atoms with Gasteiger partial charge in [-0.05, 0) is 42.5 Å². The van der Waals surface area contributed by atoms with Gasteiger partial charge in [-0.2, -0.15) is 0 Å². The highest BCUT2D eigenvalue weighted by Gasteiger charge is 2.39. The van der Waals surface area contributed by atoms with E-state index in [2.05, 4.69) is 25.8 Å². The van der Waals surface area contributed by atoms with Gasteiger partial charge in [-0.15, -0.1) is 0 Å². The van der Waals surface area contributed by atoms with Crippen molar-refractivity contribution in [3.8, 4) is 17.2 Å². The quantitative estimate of drug-likeness (QED) is 0.289. The molecule has 2 aromatic carbocycles. The van der Waals surface area contributed by atoms with Crippen molar-refractivity contribution in [2.45, 2.75) is 25.9 Å². The summed E-state index contributed by atoms with van der Waals surface area (Å²) in [5.74, 6) is 1.58. The van der Waals surface area contributed by atoms with Crippen molar-refractivity contribution < 1.29 is 18.8 Å². The number of methoxy groups -OCH3 is 2. The third-order valence-electron chi connectivity index (χ3n) is 4.88.